The third-order valence-electron chi connectivity index (χ3n) is 1.61. The average Bonchev–Trinajstić information content (AvgIpc) is 2.19. The molecule has 0 bridgehead atoms. The van der Waals surface area contributed by atoms with Crippen molar-refractivity contribution < 1.29 is 9.53 Å². The van der Waals surface area contributed by atoms with E-state index in [-0.39, 0.29) is 5.70 Å². The minimum absolute atomic E-state index is 0.149. The van der Waals surface area contributed by atoms with Crippen molar-refractivity contribution in [2.24, 2.45) is 5.73 Å². The molecule has 14 heavy (non-hydrogen) atoms. The lowest BCUT2D eigenvalue weighted by atomic mass is 10.3. The highest BCUT2D eigenvalue weighted by Crippen LogP contribution is 2.09. The second-order valence-electron chi connectivity index (χ2n) is 2.77. The van der Waals surface area contributed by atoms with Crippen molar-refractivity contribution in [3.8, 4) is 5.75 Å². The van der Waals surface area contributed by atoms with Gasteiger partial charge in [-0.15, -0.1) is 0 Å². The zero-order valence-electron chi connectivity index (χ0n) is 8.07. The first-order valence-electron chi connectivity index (χ1n) is 4.47. The molecule has 2 N–H and O–H groups in total. The van der Waals surface area contributed by atoms with Crippen LogP contribution in [0.2, 0.25) is 0 Å². The Labute approximate surface area is 83.2 Å². The summed E-state index contributed by atoms with van der Waals surface area (Å²) in [6.45, 7) is 1.91. The molecule has 1 aromatic carbocycles. The summed E-state index contributed by atoms with van der Waals surface area (Å²) in [6.07, 6.45) is 2.35. The highest BCUT2D eigenvalue weighted by Gasteiger charge is 2.06. The Morgan fingerprint density at radius 2 is 2.07 bits per heavy atom. The largest absolute Gasteiger partial charge is 0.422 e. The lowest BCUT2D eigenvalue weighted by Crippen LogP contribution is -2.17. The van der Waals surface area contributed by atoms with Crippen molar-refractivity contribution in [2.75, 3.05) is 0 Å². The van der Waals surface area contributed by atoms with Crippen LogP contribution < -0.4 is 10.5 Å². The second-order valence-corrected chi connectivity index (χ2v) is 2.77. The summed E-state index contributed by atoms with van der Waals surface area (Å²) in [4.78, 5) is 11.3. The van der Waals surface area contributed by atoms with Gasteiger partial charge in [-0.05, 0) is 18.6 Å². The molecule has 0 heterocycles. The fourth-order valence-electron chi connectivity index (χ4n) is 0.958. The highest BCUT2D eigenvalue weighted by molar-refractivity contribution is 5.89. The molecule has 0 saturated heterocycles. The van der Waals surface area contributed by atoms with Crippen molar-refractivity contribution in [1.82, 2.24) is 0 Å². The van der Waals surface area contributed by atoms with E-state index < -0.39 is 5.97 Å². The molecule has 0 spiro atoms. The second kappa shape index (κ2) is 5.07. The molecule has 1 aromatic rings. The van der Waals surface area contributed by atoms with Crippen molar-refractivity contribution in [2.45, 2.75) is 13.3 Å². The van der Waals surface area contributed by atoms with Gasteiger partial charge in [0.05, 0.1) is 0 Å². The number of carbonyl (C=O) groups is 1. The summed E-state index contributed by atoms with van der Waals surface area (Å²) < 4.78 is 5.00. The summed E-state index contributed by atoms with van der Waals surface area (Å²) in [7, 11) is 0. The van der Waals surface area contributed by atoms with Crippen LogP contribution in [0.15, 0.2) is 42.1 Å². The number of carbonyl (C=O) groups excluding carboxylic acids is 1. The number of esters is 1. The molecule has 0 aliphatic heterocycles. The van der Waals surface area contributed by atoms with Crippen LogP contribution in [0.3, 0.4) is 0 Å². The zero-order chi connectivity index (χ0) is 10.4. The lowest BCUT2D eigenvalue weighted by Gasteiger charge is -2.03. The molecule has 0 unspecified atom stereocenters. The van der Waals surface area contributed by atoms with Gasteiger partial charge in [-0.2, -0.15) is 0 Å². The van der Waals surface area contributed by atoms with Crippen LogP contribution in [-0.4, -0.2) is 5.97 Å². The molecule has 3 nitrogen and oxygen atoms in total. The summed E-state index contributed by atoms with van der Waals surface area (Å²) in [5.41, 5.74) is 5.61. The summed E-state index contributed by atoms with van der Waals surface area (Å²) in [6, 6.07) is 8.85. The maximum absolute atomic E-state index is 11.3. The van der Waals surface area contributed by atoms with Crippen molar-refractivity contribution in [1.29, 1.82) is 0 Å². The van der Waals surface area contributed by atoms with Crippen LogP contribution in [0.5, 0.6) is 5.75 Å². The maximum atomic E-state index is 11.3. The maximum Gasteiger partial charge on any atom is 0.359 e. The third-order valence-corrected chi connectivity index (χ3v) is 1.61. The first-order chi connectivity index (χ1) is 6.74. The molecule has 3 heteroatoms. The summed E-state index contributed by atoms with van der Waals surface area (Å²) in [5.74, 6) is 0.00278. The summed E-state index contributed by atoms with van der Waals surface area (Å²) in [5, 5.41) is 0. The molecule has 0 aliphatic rings. The van der Waals surface area contributed by atoms with Crippen LogP contribution in [0.25, 0.3) is 0 Å². The molecule has 74 valence electrons. The molecule has 0 saturated carbocycles. The lowest BCUT2D eigenvalue weighted by molar-refractivity contribution is -0.130. The standard InChI is InChI=1S/C11H13NO2/c1-2-6-10(12)11(13)14-9-7-4-3-5-8-9/h3-8H,2,12H2,1H3. The van der Waals surface area contributed by atoms with Gasteiger partial charge in [0.1, 0.15) is 11.4 Å². The highest BCUT2D eigenvalue weighted by atomic mass is 16.5. The monoisotopic (exact) mass is 191 g/mol. The molecule has 0 aliphatic carbocycles. The van der Waals surface area contributed by atoms with Gasteiger partial charge >= 0.3 is 5.97 Å². The molecule has 0 atom stereocenters. The fourth-order valence-corrected chi connectivity index (χ4v) is 0.958. The summed E-state index contributed by atoms with van der Waals surface area (Å²) >= 11 is 0. The smallest absolute Gasteiger partial charge is 0.359 e. The Bertz CT molecular complexity index is 330. The number of hydrogen-bond acceptors (Lipinski definition) is 3. The van der Waals surface area contributed by atoms with E-state index in [1.807, 2.05) is 13.0 Å². The molecule has 0 aromatic heterocycles. The predicted molar refractivity (Wildman–Crippen MR) is 54.6 cm³/mol. The normalized spacial score (nSPS) is 11.1. The third kappa shape index (κ3) is 2.94. The van der Waals surface area contributed by atoms with Crippen LogP contribution in [-0.2, 0) is 4.79 Å². The molecular formula is C11H13NO2. The van der Waals surface area contributed by atoms with E-state index >= 15 is 0 Å². The topological polar surface area (TPSA) is 52.3 Å². The number of hydrogen-bond donors (Lipinski definition) is 1. The Morgan fingerprint density at radius 3 is 2.64 bits per heavy atom. The van der Waals surface area contributed by atoms with E-state index in [9.17, 15) is 4.79 Å². The van der Waals surface area contributed by atoms with Crippen molar-refractivity contribution in [3.05, 3.63) is 42.1 Å². The van der Waals surface area contributed by atoms with Gasteiger partial charge < -0.3 is 10.5 Å². The minimum Gasteiger partial charge on any atom is -0.422 e. The van der Waals surface area contributed by atoms with Gasteiger partial charge in [0.2, 0.25) is 0 Å². The average molecular weight is 191 g/mol. The van der Waals surface area contributed by atoms with Crippen LogP contribution in [0, 0.1) is 0 Å². The zero-order valence-corrected chi connectivity index (χ0v) is 8.07. The Hall–Kier alpha value is -1.77. The molecular weight excluding hydrogens is 178 g/mol. The van der Waals surface area contributed by atoms with Gasteiger partial charge in [0.15, 0.2) is 0 Å². The Kier molecular flexibility index (Phi) is 3.73. The van der Waals surface area contributed by atoms with Crippen molar-refractivity contribution >= 4 is 5.97 Å². The van der Waals surface area contributed by atoms with E-state index in [4.69, 9.17) is 10.5 Å². The first-order valence-corrected chi connectivity index (χ1v) is 4.47. The van der Waals surface area contributed by atoms with Gasteiger partial charge in [0.25, 0.3) is 0 Å². The number of rotatable bonds is 3. The molecule has 0 radical (unpaired) electrons. The number of benzene rings is 1. The van der Waals surface area contributed by atoms with Gasteiger partial charge in [-0.3, -0.25) is 0 Å². The molecule has 0 fully saturated rings. The van der Waals surface area contributed by atoms with Gasteiger partial charge in [0, 0.05) is 0 Å². The fraction of sp³-hybridized carbons (Fsp3) is 0.182. The Morgan fingerprint density at radius 1 is 1.43 bits per heavy atom. The van der Waals surface area contributed by atoms with Crippen LogP contribution >= 0.6 is 0 Å². The Balaban J connectivity index is 2.62. The minimum atomic E-state index is -0.502. The van der Waals surface area contributed by atoms with E-state index in [0.29, 0.717) is 5.75 Å². The van der Waals surface area contributed by atoms with Crippen LogP contribution in [0.1, 0.15) is 13.3 Å². The van der Waals surface area contributed by atoms with Gasteiger partial charge in [-0.25, -0.2) is 4.79 Å². The quantitative estimate of drug-likeness (QED) is 0.450. The molecule has 0 amide bonds. The predicted octanol–water partition coefficient (Wildman–Crippen LogP) is 1.84. The van der Waals surface area contributed by atoms with Crippen molar-refractivity contribution in [3.63, 3.8) is 0 Å². The SMILES string of the molecule is CCC=C(N)C(=O)Oc1ccccc1. The van der Waals surface area contributed by atoms with Crippen LogP contribution in [0.4, 0.5) is 0 Å². The number of nitrogens with two attached hydrogens (primary N) is 1. The van der Waals surface area contributed by atoms with E-state index in [2.05, 4.69) is 0 Å². The van der Waals surface area contributed by atoms with Gasteiger partial charge in [-0.1, -0.05) is 31.2 Å². The van der Waals surface area contributed by atoms with E-state index in [1.54, 1.807) is 30.3 Å². The molecule has 1 rings (SSSR count). The number of para-hydroxylation sites is 1. The van der Waals surface area contributed by atoms with E-state index in [1.165, 1.54) is 0 Å². The van der Waals surface area contributed by atoms with E-state index in [0.717, 1.165) is 6.42 Å². The number of allylic oxidation sites excluding steroid dienone is 1. The number of ether oxygens (including phenoxy) is 1. The first kappa shape index (κ1) is 10.3.